The second-order valence-corrected chi connectivity index (χ2v) is 7.46. The number of hydrogen-bond acceptors (Lipinski definition) is 4. The fraction of sp³-hybridized carbons (Fsp3) is 0.348. The minimum absolute atomic E-state index is 0.101. The van der Waals surface area contributed by atoms with Crippen molar-refractivity contribution in [3.8, 4) is 5.75 Å². The molecule has 0 aliphatic heterocycles. The van der Waals surface area contributed by atoms with Gasteiger partial charge in [0.2, 0.25) is 0 Å². The topological polar surface area (TPSA) is 73.2 Å². The largest absolute Gasteiger partial charge is 0.490 e. The highest BCUT2D eigenvalue weighted by atomic mass is 16.5. The van der Waals surface area contributed by atoms with Crippen molar-refractivity contribution in [1.82, 2.24) is 9.55 Å². The zero-order valence-electron chi connectivity index (χ0n) is 16.8. The zero-order valence-corrected chi connectivity index (χ0v) is 16.8. The van der Waals surface area contributed by atoms with Crippen molar-refractivity contribution in [2.24, 2.45) is 0 Å². The summed E-state index contributed by atoms with van der Waals surface area (Å²) in [4.78, 5) is 29.4. The maximum Gasteiger partial charge on any atom is 0.272 e. The van der Waals surface area contributed by atoms with Crippen LogP contribution in [0, 0.1) is 6.92 Å². The normalized spacial score (nSPS) is 14.3. The van der Waals surface area contributed by atoms with Crippen LogP contribution in [-0.4, -0.2) is 21.6 Å². The second kappa shape index (κ2) is 8.07. The molecule has 29 heavy (non-hydrogen) atoms. The summed E-state index contributed by atoms with van der Waals surface area (Å²) in [5, 5.41) is 2.93. The SMILES string of the molecule is CCn1c(=O)c(C)nc2cc(C(=O)Nc3cccc(OC4CCCC4)c3)ccc21. The van der Waals surface area contributed by atoms with Crippen LogP contribution in [0.3, 0.4) is 0 Å². The first-order valence-corrected chi connectivity index (χ1v) is 10.1. The zero-order chi connectivity index (χ0) is 20.4. The highest BCUT2D eigenvalue weighted by Crippen LogP contribution is 2.26. The van der Waals surface area contributed by atoms with Gasteiger partial charge in [0.1, 0.15) is 11.4 Å². The number of anilines is 1. The lowest BCUT2D eigenvalue weighted by Gasteiger charge is -2.14. The maximum absolute atomic E-state index is 12.8. The Labute approximate surface area is 169 Å². The fourth-order valence-electron chi connectivity index (χ4n) is 3.88. The number of benzene rings is 2. The van der Waals surface area contributed by atoms with E-state index in [1.54, 1.807) is 29.7 Å². The van der Waals surface area contributed by atoms with E-state index < -0.39 is 0 Å². The number of nitrogens with one attached hydrogen (secondary N) is 1. The van der Waals surface area contributed by atoms with E-state index in [1.165, 1.54) is 12.8 Å². The van der Waals surface area contributed by atoms with Gasteiger partial charge in [-0.25, -0.2) is 4.98 Å². The number of carbonyl (C=O) groups is 1. The van der Waals surface area contributed by atoms with Crippen molar-refractivity contribution in [2.45, 2.75) is 52.2 Å². The molecule has 0 radical (unpaired) electrons. The maximum atomic E-state index is 12.8. The highest BCUT2D eigenvalue weighted by molar-refractivity contribution is 6.06. The molecule has 0 unspecified atom stereocenters. The lowest BCUT2D eigenvalue weighted by Crippen LogP contribution is -2.23. The van der Waals surface area contributed by atoms with Crippen LogP contribution in [0.2, 0.25) is 0 Å². The number of nitrogens with zero attached hydrogens (tertiary/aromatic N) is 2. The van der Waals surface area contributed by atoms with E-state index in [2.05, 4.69) is 10.3 Å². The van der Waals surface area contributed by atoms with Crippen molar-refractivity contribution in [3.63, 3.8) is 0 Å². The van der Waals surface area contributed by atoms with Crippen molar-refractivity contribution in [1.29, 1.82) is 0 Å². The van der Waals surface area contributed by atoms with Crippen LogP contribution in [0.15, 0.2) is 47.3 Å². The number of aromatic nitrogens is 2. The van der Waals surface area contributed by atoms with Crippen LogP contribution >= 0.6 is 0 Å². The molecular weight excluding hydrogens is 366 g/mol. The monoisotopic (exact) mass is 391 g/mol. The summed E-state index contributed by atoms with van der Waals surface area (Å²) in [6.07, 6.45) is 4.86. The molecule has 0 atom stereocenters. The van der Waals surface area contributed by atoms with Crippen LogP contribution in [0.1, 0.15) is 48.7 Å². The molecule has 0 bridgehead atoms. The third kappa shape index (κ3) is 4.01. The number of ether oxygens (including phenoxy) is 1. The number of rotatable bonds is 5. The van der Waals surface area contributed by atoms with Gasteiger partial charge in [-0.2, -0.15) is 0 Å². The van der Waals surface area contributed by atoms with E-state index in [0.717, 1.165) is 24.1 Å². The smallest absolute Gasteiger partial charge is 0.272 e. The number of hydrogen-bond donors (Lipinski definition) is 1. The lowest BCUT2D eigenvalue weighted by molar-refractivity contribution is 0.102. The first kappa shape index (κ1) is 19.2. The third-order valence-corrected chi connectivity index (χ3v) is 5.38. The Kier molecular flexibility index (Phi) is 5.34. The second-order valence-electron chi connectivity index (χ2n) is 7.46. The summed E-state index contributed by atoms with van der Waals surface area (Å²) in [6, 6.07) is 12.7. The number of carbonyl (C=O) groups excluding carboxylic acids is 1. The van der Waals surface area contributed by atoms with E-state index in [4.69, 9.17) is 4.74 Å². The summed E-state index contributed by atoms with van der Waals surface area (Å²) in [5.41, 5.74) is 2.87. The first-order valence-electron chi connectivity index (χ1n) is 10.1. The van der Waals surface area contributed by atoms with Gasteiger partial charge in [0.25, 0.3) is 11.5 Å². The summed E-state index contributed by atoms with van der Waals surface area (Å²) in [5.74, 6) is 0.552. The van der Waals surface area contributed by atoms with Gasteiger partial charge in [-0.3, -0.25) is 9.59 Å². The molecule has 1 aliphatic carbocycles. The van der Waals surface area contributed by atoms with Crippen LogP contribution in [0.25, 0.3) is 11.0 Å². The minimum Gasteiger partial charge on any atom is -0.490 e. The van der Waals surface area contributed by atoms with Crippen LogP contribution in [-0.2, 0) is 6.54 Å². The molecule has 1 aliphatic rings. The van der Waals surface area contributed by atoms with E-state index >= 15 is 0 Å². The van der Waals surface area contributed by atoms with Crippen molar-refractivity contribution >= 4 is 22.6 Å². The summed E-state index contributed by atoms with van der Waals surface area (Å²) in [6.45, 7) is 4.16. The quantitative estimate of drug-likeness (QED) is 0.704. The lowest BCUT2D eigenvalue weighted by atomic mass is 10.1. The van der Waals surface area contributed by atoms with Crippen LogP contribution in [0.5, 0.6) is 5.75 Å². The predicted molar refractivity (Wildman–Crippen MR) is 114 cm³/mol. The Morgan fingerprint density at radius 3 is 2.76 bits per heavy atom. The molecule has 6 heteroatoms. The molecular formula is C23H25N3O3. The summed E-state index contributed by atoms with van der Waals surface area (Å²) >= 11 is 0. The molecule has 1 fully saturated rings. The third-order valence-electron chi connectivity index (χ3n) is 5.38. The molecule has 1 N–H and O–H groups in total. The van der Waals surface area contributed by atoms with E-state index in [1.807, 2.05) is 31.2 Å². The molecule has 1 heterocycles. The Hall–Kier alpha value is -3.15. The van der Waals surface area contributed by atoms with Crippen LogP contribution < -0.4 is 15.6 Å². The molecule has 150 valence electrons. The van der Waals surface area contributed by atoms with Crippen molar-refractivity contribution < 1.29 is 9.53 Å². The molecule has 6 nitrogen and oxygen atoms in total. The number of fused-ring (bicyclic) bond motifs is 1. The summed E-state index contributed by atoms with van der Waals surface area (Å²) < 4.78 is 7.69. The van der Waals surface area contributed by atoms with Crippen molar-refractivity contribution in [2.75, 3.05) is 5.32 Å². The first-order chi connectivity index (χ1) is 14.0. The average molecular weight is 391 g/mol. The van der Waals surface area contributed by atoms with Gasteiger partial charge in [-0.05, 0) is 69.9 Å². The molecule has 1 amide bonds. The Morgan fingerprint density at radius 1 is 1.21 bits per heavy atom. The Morgan fingerprint density at radius 2 is 2.00 bits per heavy atom. The van der Waals surface area contributed by atoms with E-state index in [-0.39, 0.29) is 17.6 Å². The fourth-order valence-corrected chi connectivity index (χ4v) is 3.88. The van der Waals surface area contributed by atoms with Gasteiger partial charge in [0, 0.05) is 23.9 Å². The molecule has 1 saturated carbocycles. The molecule has 0 spiro atoms. The minimum atomic E-state index is -0.224. The highest BCUT2D eigenvalue weighted by Gasteiger charge is 2.17. The van der Waals surface area contributed by atoms with Gasteiger partial charge in [-0.1, -0.05) is 6.07 Å². The number of aryl methyl sites for hydroxylation is 2. The van der Waals surface area contributed by atoms with Gasteiger partial charge >= 0.3 is 0 Å². The van der Waals surface area contributed by atoms with Crippen LogP contribution in [0.4, 0.5) is 5.69 Å². The molecule has 2 aromatic carbocycles. The molecule has 0 saturated heterocycles. The van der Waals surface area contributed by atoms with E-state index in [0.29, 0.717) is 29.0 Å². The molecule has 4 rings (SSSR count). The Balaban J connectivity index is 1.56. The van der Waals surface area contributed by atoms with Gasteiger partial charge in [-0.15, -0.1) is 0 Å². The Bertz CT molecular complexity index is 1110. The standard InChI is InChI=1S/C23H25N3O3/c1-3-26-21-12-11-16(13-20(21)24-15(2)23(26)28)22(27)25-17-7-6-10-19(14-17)29-18-8-4-5-9-18/h6-7,10-14,18H,3-5,8-9H2,1-2H3,(H,25,27). The number of amides is 1. The van der Waals surface area contributed by atoms with Gasteiger partial charge in [0.05, 0.1) is 17.1 Å². The predicted octanol–water partition coefficient (Wildman–Crippen LogP) is 4.30. The summed E-state index contributed by atoms with van der Waals surface area (Å²) in [7, 11) is 0. The van der Waals surface area contributed by atoms with E-state index in [9.17, 15) is 9.59 Å². The van der Waals surface area contributed by atoms with Crippen molar-refractivity contribution in [3.05, 3.63) is 64.1 Å². The van der Waals surface area contributed by atoms with Gasteiger partial charge < -0.3 is 14.6 Å². The molecule has 1 aromatic heterocycles. The van der Waals surface area contributed by atoms with Gasteiger partial charge in [0.15, 0.2) is 0 Å². The molecule has 3 aromatic rings. The average Bonchev–Trinajstić information content (AvgIpc) is 3.22.